The van der Waals surface area contributed by atoms with E-state index in [9.17, 15) is 9.90 Å². The van der Waals surface area contributed by atoms with Gasteiger partial charge in [0.25, 0.3) is 0 Å². The summed E-state index contributed by atoms with van der Waals surface area (Å²) in [5.41, 5.74) is 4.35. The number of carbonyl (C=O) groups is 1. The maximum Gasteiger partial charge on any atom is 0.353 e. The van der Waals surface area contributed by atoms with Crippen molar-refractivity contribution in [2.24, 2.45) is 0 Å². The van der Waals surface area contributed by atoms with E-state index in [-0.39, 0.29) is 12.2 Å². The Hall–Kier alpha value is -4.31. The largest absolute Gasteiger partial charge is 0.497 e. The van der Waals surface area contributed by atoms with Gasteiger partial charge in [-0.2, -0.15) is 8.75 Å². The number of fused-ring (bicyclic) bond motifs is 2. The highest BCUT2D eigenvalue weighted by Gasteiger charge is 2.27. The topological polar surface area (TPSA) is 105 Å². The Balaban J connectivity index is 1.77. The molecule has 2 heterocycles. The zero-order valence-electron chi connectivity index (χ0n) is 22.9. The molecule has 0 spiro atoms. The summed E-state index contributed by atoms with van der Waals surface area (Å²) in [6.07, 6.45) is 3.04. The van der Waals surface area contributed by atoms with E-state index in [1.54, 1.807) is 25.9 Å². The summed E-state index contributed by atoms with van der Waals surface area (Å²) in [6.45, 7) is 2.90. The van der Waals surface area contributed by atoms with Crippen molar-refractivity contribution >= 4 is 39.6 Å². The first-order valence-corrected chi connectivity index (χ1v) is 13.8. The van der Waals surface area contributed by atoms with Crippen molar-refractivity contribution in [2.75, 3.05) is 27.9 Å². The number of ether oxygens (including phenoxy) is 4. The van der Waals surface area contributed by atoms with Crippen molar-refractivity contribution in [3.63, 3.8) is 0 Å². The van der Waals surface area contributed by atoms with Gasteiger partial charge in [-0.3, -0.25) is 0 Å². The fourth-order valence-electron chi connectivity index (χ4n) is 4.95. The van der Waals surface area contributed by atoms with E-state index in [4.69, 9.17) is 18.9 Å². The predicted octanol–water partition coefficient (Wildman–Crippen LogP) is 6.65. The molecule has 40 heavy (non-hydrogen) atoms. The number of nitrogens with zero attached hydrogens (tertiary/aromatic N) is 3. The van der Waals surface area contributed by atoms with Crippen LogP contribution in [-0.4, -0.2) is 52.3 Å². The molecule has 0 saturated carbocycles. The Kier molecular flexibility index (Phi) is 8.06. The van der Waals surface area contributed by atoms with E-state index in [0.717, 1.165) is 53.0 Å². The lowest BCUT2D eigenvalue weighted by Gasteiger charge is -2.15. The molecule has 0 fully saturated rings. The molecule has 0 aliphatic rings. The Morgan fingerprint density at radius 3 is 2.42 bits per heavy atom. The van der Waals surface area contributed by atoms with Gasteiger partial charge in [-0.1, -0.05) is 25.8 Å². The zero-order valence-corrected chi connectivity index (χ0v) is 23.7. The summed E-state index contributed by atoms with van der Waals surface area (Å²) >= 11 is 1.12. The van der Waals surface area contributed by atoms with Gasteiger partial charge in [0.2, 0.25) is 0 Å². The van der Waals surface area contributed by atoms with Crippen LogP contribution in [0.3, 0.4) is 0 Å². The number of methoxy groups -OCH3 is 3. The first-order valence-electron chi connectivity index (χ1n) is 13.0. The molecule has 5 aromatic rings. The molecule has 0 aliphatic carbocycles. The number of rotatable bonds is 12. The SMILES string of the molecule is CCCCCOc1cc2c(cc1OC)c(-c1ccc3nsnc3c1)c(C(=O)O)n2Cc1cc(OC)ccc1OC. The molecule has 0 bridgehead atoms. The number of carboxylic acids is 1. The Morgan fingerprint density at radius 2 is 1.70 bits per heavy atom. The first-order chi connectivity index (χ1) is 19.5. The fraction of sp³-hybridized carbons (Fsp3) is 0.300. The summed E-state index contributed by atoms with van der Waals surface area (Å²) in [4.78, 5) is 13.0. The summed E-state index contributed by atoms with van der Waals surface area (Å²) in [5, 5.41) is 11.3. The van der Waals surface area contributed by atoms with Gasteiger partial charge < -0.3 is 28.6 Å². The maximum absolute atomic E-state index is 13.0. The van der Waals surface area contributed by atoms with Gasteiger partial charge >= 0.3 is 5.97 Å². The molecule has 10 heteroatoms. The molecule has 0 amide bonds. The third-order valence-electron chi connectivity index (χ3n) is 6.92. The summed E-state index contributed by atoms with van der Waals surface area (Å²) in [6, 6.07) is 14.8. The Morgan fingerprint density at radius 1 is 0.900 bits per heavy atom. The molecule has 0 unspecified atom stereocenters. The van der Waals surface area contributed by atoms with Crippen LogP contribution in [0.5, 0.6) is 23.0 Å². The second kappa shape index (κ2) is 11.8. The van der Waals surface area contributed by atoms with Gasteiger partial charge in [0.05, 0.1) is 51.7 Å². The number of hydrogen-bond donors (Lipinski definition) is 1. The van der Waals surface area contributed by atoms with Crippen molar-refractivity contribution in [3.05, 3.63) is 59.8 Å². The zero-order chi connectivity index (χ0) is 28.2. The van der Waals surface area contributed by atoms with Gasteiger partial charge in [-0.15, -0.1) is 0 Å². The predicted molar refractivity (Wildman–Crippen MR) is 156 cm³/mol. The van der Waals surface area contributed by atoms with Crippen LogP contribution in [0.15, 0.2) is 48.5 Å². The molecule has 1 N–H and O–H groups in total. The molecule has 5 rings (SSSR count). The van der Waals surface area contributed by atoms with Crippen molar-refractivity contribution in [2.45, 2.75) is 32.7 Å². The van der Waals surface area contributed by atoms with Gasteiger partial charge in [0, 0.05) is 22.6 Å². The summed E-state index contributed by atoms with van der Waals surface area (Å²) < 4.78 is 33.4. The van der Waals surface area contributed by atoms with E-state index < -0.39 is 5.97 Å². The van der Waals surface area contributed by atoms with E-state index in [1.807, 2.05) is 48.5 Å². The second-order valence-corrected chi connectivity index (χ2v) is 9.86. The third kappa shape index (κ3) is 5.14. The number of carboxylic acid groups (broad SMARTS) is 1. The maximum atomic E-state index is 13.0. The van der Waals surface area contributed by atoms with Crippen LogP contribution in [-0.2, 0) is 6.54 Å². The average Bonchev–Trinajstić information content (AvgIpc) is 3.56. The van der Waals surface area contributed by atoms with E-state index >= 15 is 0 Å². The molecule has 2 aromatic heterocycles. The lowest BCUT2D eigenvalue weighted by Crippen LogP contribution is -2.11. The third-order valence-corrected chi connectivity index (χ3v) is 7.47. The van der Waals surface area contributed by atoms with Crippen LogP contribution in [0.2, 0.25) is 0 Å². The number of aromatic nitrogens is 3. The molecule has 0 aliphatic heterocycles. The number of benzene rings is 3. The monoisotopic (exact) mass is 561 g/mol. The molecular weight excluding hydrogens is 530 g/mol. The minimum absolute atomic E-state index is 0.132. The van der Waals surface area contributed by atoms with E-state index in [1.165, 1.54) is 0 Å². The van der Waals surface area contributed by atoms with Crippen molar-refractivity contribution < 1.29 is 28.8 Å². The number of aromatic carboxylic acids is 1. The number of unbranched alkanes of at least 4 members (excludes halogenated alkanes) is 2. The highest BCUT2D eigenvalue weighted by atomic mass is 32.1. The quantitative estimate of drug-likeness (QED) is 0.169. The van der Waals surface area contributed by atoms with Crippen LogP contribution in [0.1, 0.15) is 42.2 Å². The highest BCUT2D eigenvalue weighted by Crippen LogP contribution is 2.42. The smallest absolute Gasteiger partial charge is 0.353 e. The molecule has 0 radical (unpaired) electrons. The van der Waals surface area contributed by atoms with Crippen molar-refractivity contribution in [1.29, 1.82) is 0 Å². The standard InChI is InChI=1S/C30H31N3O6S/c1-5-6-7-12-39-27-16-24-21(15-26(27)38-4)28(18-8-10-22-23(14-18)32-40-31-22)29(30(34)35)33(24)17-19-13-20(36-2)9-11-25(19)37-3/h8-11,13-16H,5-7,12,17H2,1-4H3,(H,34,35). The number of hydrogen-bond acceptors (Lipinski definition) is 8. The van der Waals surface area contributed by atoms with Crippen LogP contribution < -0.4 is 18.9 Å². The normalized spacial score (nSPS) is 11.2. The highest BCUT2D eigenvalue weighted by molar-refractivity contribution is 7.00. The first kappa shape index (κ1) is 27.3. The molecule has 9 nitrogen and oxygen atoms in total. The molecular formula is C30H31N3O6S. The van der Waals surface area contributed by atoms with Crippen LogP contribution in [0.4, 0.5) is 0 Å². The van der Waals surface area contributed by atoms with Crippen molar-refractivity contribution in [3.8, 4) is 34.1 Å². The lowest BCUT2D eigenvalue weighted by atomic mass is 10.0. The van der Waals surface area contributed by atoms with Gasteiger partial charge in [-0.05, 0) is 48.4 Å². The van der Waals surface area contributed by atoms with Gasteiger partial charge in [-0.25, -0.2) is 4.79 Å². The minimum Gasteiger partial charge on any atom is -0.497 e. The fourth-order valence-corrected chi connectivity index (χ4v) is 5.47. The van der Waals surface area contributed by atoms with E-state index in [0.29, 0.717) is 46.2 Å². The summed E-state index contributed by atoms with van der Waals surface area (Å²) in [7, 11) is 4.77. The van der Waals surface area contributed by atoms with Gasteiger partial charge in [0.15, 0.2) is 11.5 Å². The van der Waals surface area contributed by atoms with Crippen LogP contribution in [0, 0.1) is 0 Å². The summed E-state index contributed by atoms with van der Waals surface area (Å²) in [5.74, 6) is 1.31. The lowest BCUT2D eigenvalue weighted by molar-refractivity contribution is 0.0687. The van der Waals surface area contributed by atoms with E-state index in [2.05, 4.69) is 15.7 Å². The average molecular weight is 562 g/mol. The molecule has 0 saturated heterocycles. The Bertz CT molecular complexity index is 1680. The van der Waals surface area contributed by atoms with Gasteiger partial charge in [0.1, 0.15) is 28.2 Å². The van der Waals surface area contributed by atoms with Crippen LogP contribution >= 0.6 is 11.7 Å². The van der Waals surface area contributed by atoms with Crippen molar-refractivity contribution in [1.82, 2.24) is 13.3 Å². The second-order valence-electron chi connectivity index (χ2n) is 9.34. The Labute approximate surface area is 236 Å². The van der Waals surface area contributed by atoms with Crippen LogP contribution in [0.25, 0.3) is 33.1 Å². The molecule has 208 valence electrons. The molecule has 0 atom stereocenters. The molecule has 3 aromatic carbocycles. The minimum atomic E-state index is -1.06.